The fourth-order valence-corrected chi connectivity index (χ4v) is 4.66. The minimum Gasteiger partial charge on any atom is -0.497 e. The van der Waals surface area contributed by atoms with Crippen LogP contribution in [-0.4, -0.2) is 85.0 Å². The molecule has 0 radical (unpaired) electrons. The van der Waals surface area contributed by atoms with E-state index in [-0.39, 0.29) is 37.9 Å². The molecule has 0 atom stereocenters. The second kappa shape index (κ2) is 21.4. The maximum absolute atomic E-state index is 13.1. The van der Waals surface area contributed by atoms with E-state index in [0.717, 1.165) is 27.9 Å². The first kappa shape index (κ1) is 40.6. The lowest BCUT2D eigenvalue weighted by atomic mass is 9.94. The molecule has 0 bridgehead atoms. The smallest absolute Gasteiger partial charge is 0.319 e. The Morgan fingerprint density at radius 2 is 1.28 bits per heavy atom. The highest BCUT2D eigenvalue weighted by molar-refractivity contribution is 5.97. The summed E-state index contributed by atoms with van der Waals surface area (Å²) in [6.07, 6.45) is 4.82. The Balaban J connectivity index is 2.23. The highest BCUT2D eigenvalue weighted by Gasteiger charge is 2.14. The Bertz CT molecular complexity index is 1660. The van der Waals surface area contributed by atoms with Gasteiger partial charge in [0, 0.05) is 54.4 Å². The van der Waals surface area contributed by atoms with E-state index in [4.69, 9.17) is 9.47 Å². The lowest BCUT2D eigenvalue weighted by Crippen LogP contribution is -2.26. The van der Waals surface area contributed by atoms with Crippen molar-refractivity contribution in [1.82, 2.24) is 10.6 Å². The van der Waals surface area contributed by atoms with Crippen molar-refractivity contribution in [3.63, 3.8) is 0 Å². The number of benzene rings is 2. The van der Waals surface area contributed by atoms with Gasteiger partial charge in [0.2, 0.25) is 5.91 Å². The molecule has 2 aromatic carbocycles. The van der Waals surface area contributed by atoms with Crippen molar-refractivity contribution in [3.8, 4) is 11.1 Å². The molecule has 0 aromatic heterocycles. The third-order valence-corrected chi connectivity index (χ3v) is 7.45. The fourth-order valence-electron chi connectivity index (χ4n) is 4.66. The van der Waals surface area contributed by atoms with Gasteiger partial charge in [-0.1, -0.05) is 30.8 Å². The van der Waals surface area contributed by atoms with Crippen LogP contribution in [0, 0.1) is 13.8 Å². The zero-order valence-electron chi connectivity index (χ0n) is 29.9. The first-order valence-electron chi connectivity index (χ1n) is 15.7. The van der Waals surface area contributed by atoms with Crippen LogP contribution >= 0.6 is 0 Å². The van der Waals surface area contributed by atoms with Crippen LogP contribution < -0.4 is 21.3 Å². The molecule has 0 aliphatic carbocycles. The Kier molecular flexibility index (Phi) is 17.4. The topological polar surface area (TPSA) is 161 Å². The van der Waals surface area contributed by atoms with Gasteiger partial charge >= 0.3 is 11.9 Å². The molecule has 0 spiro atoms. The second-order valence-corrected chi connectivity index (χ2v) is 10.8. The van der Waals surface area contributed by atoms with Crippen LogP contribution in [0.4, 0.5) is 11.4 Å². The van der Waals surface area contributed by atoms with Gasteiger partial charge in [0.25, 0.3) is 0 Å². The van der Waals surface area contributed by atoms with Crippen LogP contribution in [0.1, 0.15) is 24.5 Å². The number of nitrogens with zero attached hydrogens (tertiary/aromatic N) is 2. The molecule has 2 aromatic rings. The van der Waals surface area contributed by atoms with E-state index in [1.54, 1.807) is 12.3 Å². The predicted molar refractivity (Wildman–Crippen MR) is 198 cm³/mol. The van der Waals surface area contributed by atoms with Crippen molar-refractivity contribution in [2.45, 2.75) is 27.2 Å². The SMILES string of the molecule is C=N/C=C(CNCC(=O)OC)\C(=C/CC(=O)Nc1cccc(-c2cccc(N/C(C)=N/C=C(/CNCC(=O)OC)C(=C)OC)c2C)c1C)OC. The number of hydrogen-bond donors (Lipinski definition) is 4. The van der Waals surface area contributed by atoms with Gasteiger partial charge < -0.3 is 40.2 Å². The minimum absolute atomic E-state index is 0.00602. The molecule has 0 saturated heterocycles. The maximum Gasteiger partial charge on any atom is 0.319 e. The summed E-state index contributed by atoms with van der Waals surface area (Å²) < 4.78 is 20.1. The maximum atomic E-state index is 13.1. The van der Waals surface area contributed by atoms with Crippen molar-refractivity contribution in [2.75, 3.05) is 65.3 Å². The van der Waals surface area contributed by atoms with Gasteiger partial charge in [-0.15, -0.1) is 0 Å². The molecule has 268 valence electrons. The molecule has 1 amide bonds. The number of rotatable bonds is 19. The molecule has 0 aliphatic heterocycles. The largest absolute Gasteiger partial charge is 0.497 e. The fraction of sp³-hybridized carbons (Fsp3) is 0.324. The van der Waals surface area contributed by atoms with Gasteiger partial charge in [0.05, 0.1) is 41.5 Å². The summed E-state index contributed by atoms with van der Waals surface area (Å²) in [6, 6.07) is 11.7. The van der Waals surface area contributed by atoms with Crippen molar-refractivity contribution < 1.29 is 33.3 Å². The molecule has 50 heavy (non-hydrogen) atoms. The Morgan fingerprint density at radius 1 is 0.740 bits per heavy atom. The first-order valence-corrected chi connectivity index (χ1v) is 15.7. The van der Waals surface area contributed by atoms with E-state index < -0.39 is 5.97 Å². The van der Waals surface area contributed by atoms with Crippen LogP contribution in [0.25, 0.3) is 11.1 Å². The quantitative estimate of drug-likeness (QED) is 0.0530. The number of amidine groups is 1. The molecule has 0 fully saturated rings. The van der Waals surface area contributed by atoms with Crippen LogP contribution in [0.2, 0.25) is 0 Å². The predicted octanol–water partition coefficient (Wildman–Crippen LogP) is 4.81. The number of amides is 1. The van der Waals surface area contributed by atoms with Crippen LogP contribution in [0.5, 0.6) is 0 Å². The van der Waals surface area contributed by atoms with Crippen LogP contribution in [-0.2, 0) is 33.3 Å². The van der Waals surface area contributed by atoms with Gasteiger partial charge in [-0.2, -0.15) is 0 Å². The van der Waals surface area contributed by atoms with Gasteiger partial charge in [0.15, 0.2) is 0 Å². The van der Waals surface area contributed by atoms with Crippen LogP contribution in [0.3, 0.4) is 0 Å². The number of esters is 2. The van der Waals surface area contributed by atoms with E-state index in [0.29, 0.717) is 40.7 Å². The third kappa shape index (κ3) is 12.8. The van der Waals surface area contributed by atoms with E-state index >= 15 is 0 Å². The molecule has 0 unspecified atom stereocenters. The highest BCUT2D eigenvalue weighted by Crippen LogP contribution is 2.34. The molecule has 0 heterocycles. The number of ether oxygens (including phenoxy) is 4. The summed E-state index contributed by atoms with van der Waals surface area (Å²) in [6.45, 7) is 13.8. The molecule has 4 N–H and O–H groups in total. The number of hydrogen-bond acceptors (Lipinski definition) is 11. The molecule has 13 nitrogen and oxygen atoms in total. The third-order valence-electron chi connectivity index (χ3n) is 7.45. The Hall–Kier alpha value is -5.53. The summed E-state index contributed by atoms with van der Waals surface area (Å²) in [7, 11) is 5.65. The van der Waals surface area contributed by atoms with E-state index in [1.807, 2.05) is 57.2 Å². The summed E-state index contributed by atoms with van der Waals surface area (Å²) in [5.74, 6) is 0.450. The zero-order valence-corrected chi connectivity index (χ0v) is 29.9. The number of methoxy groups -OCH3 is 4. The number of aliphatic imine (C=N–C) groups is 2. The normalized spacial score (nSPS) is 12.1. The molecular formula is C37H48N6O7. The second-order valence-electron chi connectivity index (χ2n) is 10.8. The summed E-state index contributed by atoms with van der Waals surface area (Å²) >= 11 is 0. The monoisotopic (exact) mass is 688 g/mol. The summed E-state index contributed by atoms with van der Waals surface area (Å²) in [4.78, 5) is 44.3. The molecule has 0 aliphatic rings. The Labute approximate surface area is 294 Å². The Morgan fingerprint density at radius 3 is 1.78 bits per heavy atom. The molecule has 2 rings (SSSR count). The first-order chi connectivity index (χ1) is 24.0. The van der Waals surface area contributed by atoms with Gasteiger partial charge in [-0.25, -0.2) is 4.99 Å². The van der Waals surface area contributed by atoms with Gasteiger partial charge in [-0.05, 0) is 68.0 Å². The van der Waals surface area contributed by atoms with Gasteiger partial charge in [-0.3, -0.25) is 19.4 Å². The number of anilines is 2. The lowest BCUT2D eigenvalue weighted by Gasteiger charge is -2.17. The van der Waals surface area contributed by atoms with Crippen LogP contribution in [0.15, 0.2) is 94.1 Å². The highest BCUT2D eigenvalue weighted by atomic mass is 16.5. The average molecular weight is 689 g/mol. The zero-order chi connectivity index (χ0) is 37.1. The summed E-state index contributed by atoms with van der Waals surface area (Å²) in [5, 5.41) is 12.3. The molecule has 13 heteroatoms. The average Bonchev–Trinajstić information content (AvgIpc) is 3.11. The number of carbonyl (C=O) groups is 3. The van der Waals surface area contributed by atoms with E-state index in [1.165, 1.54) is 34.6 Å². The van der Waals surface area contributed by atoms with Gasteiger partial charge in [0.1, 0.15) is 17.4 Å². The minimum atomic E-state index is -0.408. The lowest BCUT2D eigenvalue weighted by molar-refractivity contribution is -0.140. The molecule has 0 saturated carbocycles. The summed E-state index contributed by atoms with van der Waals surface area (Å²) in [5.41, 5.74) is 6.66. The van der Waals surface area contributed by atoms with Crippen molar-refractivity contribution in [3.05, 3.63) is 95.2 Å². The standard InChI is InChI=1S/C37H48N6O7/c1-24-30(12-10-14-32(24)42-27(4)41-21-28(26(3)47-6)19-39-22-36(45)49-8)31-13-11-15-33(25(31)2)43-35(44)17-16-34(48-7)29(18-38-5)20-40-23-37(46)50-9/h10-16,18,21,39-40H,3,5,17,19-20,22-23H2,1-2,4,6-9H3,(H,41,42)(H,43,44)/b28-21-,29-18-,34-16+. The number of carbonyl (C=O) groups excluding carboxylic acids is 3. The van der Waals surface area contributed by atoms with Crippen molar-refractivity contribution in [1.29, 1.82) is 0 Å². The molecular weight excluding hydrogens is 640 g/mol. The van der Waals surface area contributed by atoms with E-state index in [9.17, 15) is 14.4 Å². The van der Waals surface area contributed by atoms with E-state index in [2.05, 4.69) is 54.0 Å². The van der Waals surface area contributed by atoms with Crippen molar-refractivity contribution in [2.24, 2.45) is 9.98 Å². The number of nitrogens with one attached hydrogen (secondary N) is 4. The van der Waals surface area contributed by atoms with Crippen molar-refractivity contribution >= 4 is 41.8 Å².